The number of phenolic OH excluding ortho intramolecular Hbond substituents is 1. The molecule has 136 valence electrons. The zero-order valence-corrected chi connectivity index (χ0v) is 16.1. The van der Waals surface area contributed by atoms with Gasteiger partial charge in [0.15, 0.2) is 0 Å². The number of aromatic nitrogens is 1. The molecule has 3 aromatic carbocycles. The lowest BCUT2D eigenvalue weighted by Crippen LogP contribution is -2.22. The Labute approximate surface area is 163 Å². The third-order valence-corrected chi connectivity index (χ3v) is 5.80. The van der Waals surface area contributed by atoms with E-state index in [2.05, 4.69) is 48.2 Å². The maximum atomic E-state index is 10.4. The fourth-order valence-electron chi connectivity index (χ4n) is 3.20. The summed E-state index contributed by atoms with van der Waals surface area (Å²) in [5, 5.41) is 11.4. The Balaban J connectivity index is 1.59. The lowest BCUT2D eigenvalue weighted by atomic mass is 10.1. The minimum absolute atomic E-state index is 0.339. The van der Waals surface area contributed by atoms with E-state index in [4.69, 9.17) is 4.98 Å². The number of benzene rings is 3. The van der Waals surface area contributed by atoms with Gasteiger partial charge in [0, 0.05) is 24.2 Å². The molecule has 0 atom stereocenters. The summed E-state index contributed by atoms with van der Waals surface area (Å²) in [6.07, 6.45) is 0. The molecular formula is C23H22N2OS. The monoisotopic (exact) mass is 374 g/mol. The van der Waals surface area contributed by atoms with Gasteiger partial charge in [-0.3, -0.25) is 4.90 Å². The predicted molar refractivity (Wildman–Crippen MR) is 113 cm³/mol. The van der Waals surface area contributed by atoms with Crippen molar-refractivity contribution in [3.8, 4) is 16.3 Å². The summed E-state index contributed by atoms with van der Waals surface area (Å²) in [6, 6.07) is 24.4. The van der Waals surface area contributed by atoms with Gasteiger partial charge in [0.05, 0.1) is 10.2 Å². The van der Waals surface area contributed by atoms with Crippen LogP contribution in [0.5, 0.6) is 5.75 Å². The van der Waals surface area contributed by atoms with E-state index in [1.54, 1.807) is 17.4 Å². The highest BCUT2D eigenvalue weighted by atomic mass is 32.1. The first-order chi connectivity index (χ1) is 13.2. The molecule has 0 amide bonds. The van der Waals surface area contributed by atoms with Crippen LogP contribution >= 0.6 is 11.3 Å². The first-order valence-electron chi connectivity index (χ1n) is 9.17. The molecule has 0 aliphatic carbocycles. The van der Waals surface area contributed by atoms with Crippen LogP contribution in [0.15, 0.2) is 72.8 Å². The molecule has 1 aromatic heterocycles. The van der Waals surface area contributed by atoms with Crippen LogP contribution in [0.3, 0.4) is 0 Å². The number of thiazole rings is 1. The van der Waals surface area contributed by atoms with Gasteiger partial charge in [-0.05, 0) is 42.4 Å². The molecule has 27 heavy (non-hydrogen) atoms. The molecule has 0 aliphatic rings. The number of rotatable bonds is 6. The first-order valence-corrected chi connectivity index (χ1v) is 9.98. The van der Waals surface area contributed by atoms with Crippen LogP contribution in [0.1, 0.15) is 18.1 Å². The molecule has 0 radical (unpaired) electrons. The molecular weight excluding hydrogens is 352 g/mol. The van der Waals surface area contributed by atoms with Crippen LogP contribution in [0.2, 0.25) is 0 Å². The van der Waals surface area contributed by atoms with Crippen molar-refractivity contribution < 1.29 is 5.11 Å². The summed E-state index contributed by atoms with van der Waals surface area (Å²) >= 11 is 1.69. The molecule has 0 fully saturated rings. The van der Waals surface area contributed by atoms with Crippen LogP contribution < -0.4 is 0 Å². The van der Waals surface area contributed by atoms with E-state index in [1.807, 2.05) is 30.3 Å². The van der Waals surface area contributed by atoms with E-state index < -0.39 is 0 Å². The SMILES string of the molecule is CCN(Cc1ccccc1)Cc1cc(-c2nc3ccccc3s2)ccc1O. The Kier molecular flexibility index (Phi) is 5.19. The van der Waals surface area contributed by atoms with Crippen molar-refractivity contribution in [3.05, 3.63) is 83.9 Å². The van der Waals surface area contributed by atoms with Crippen LogP contribution in [0.25, 0.3) is 20.8 Å². The van der Waals surface area contributed by atoms with Crippen LogP contribution in [-0.2, 0) is 13.1 Å². The summed E-state index contributed by atoms with van der Waals surface area (Å²) in [5.74, 6) is 0.339. The van der Waals surface area contributed by atoms with Gasteiger partial charge in [0.25, 0.3) is 0 Å². The molecule has 0 saturated carbocycles. The van der Waals surface area contributed by atoms with E-state index in [0.29, 0.717) is 12.3 Å². The van der Waals surface area contributed by atoms with Crippen molar-refractivity contribution in [3.63, 3.8) is 0 Å². The van der Waals surface area contributed by atoms with Gasteiger partial charge in [-0.1, -0.05) is 49.4 Å². The molecule has 0 unspecified atom stereocenters. The quantitative estimate of drug-likeness (QED) is 0.471. The molecule has 0 saturated heterocycles. The van der Waals surface area contributed by atoms with Gasteiger partial charge < -0.3 is 5.11 Å². The van der Waals surface area contributed by atoms with E-state index in [1.165, 1.54) is 10.3 Å². The first kappa shape index (κ1) is 17.7. The van der Waals surface area contributed by atoms with E-state index >= 15 is 0 Å². The minimum Gasteiger partial charge on any atom is -0.508 e. The third kappa shape index (κ3) is 4.02. The molecule has 4 aromatic rings. The van der Waals surface area contributed by atoms with Gasteiger partial charge in [-0.25, -0.2) is 4.98 Å². The average Bonchev–Trinajstić information content (AvgIpc) is 3.14. The molecule has 4 heteroatoms. The number of aromatic hydroxyl groups is 1. The normalized spacial score (nSPS) is 11.3. The number of phenols is 1. The van der Waals surface area contributed by atoms with Crippen molar-refractivity contribution in [2.45, 2.75) is 20.0 Å². The lowest BCUT2D eigenvalue weighted by molar-refractivity contribution is 0.267. The molecule has 0 bridgehead atoms. The summed E-state index contributed by atoms with van der Waals surface area (Å²) in [4.78, 5) is 7.07. The molecule has 1 N–H and O–H groups in total. The standard InChI is InChI=1S/C23H22N2OS/c1-2-25(15-17-8-4-3-5-9-17)16-19-14-18(12-13-21(19)26)23-24-20-10-6-7-11-22(20)27-23/h3-14,26H,2,15-16H2,1H3. The smallest absolute Gasteiger partial charge is 0.124 e. The van der Waals surface area contributed by atoms with Crippen molar-refractivity contribution in [1.29, 1.82) is 0 Å². The minimum atomic E-state index is 0.339. The van der Waals surface area contributed by atoms with Crippen molar-refractivity contribution in [2.24, 2.45) is 0 Å². The zero-order valence-electron chi connectivity index (χ0n) is 15.3. The summed E-state index contributed by atoms with van der Waals surface area (Å²) < 4.78 is 1.18. The molecule has 0 aliphatic heterocycles. The summed E-state index contributed by atoms with van der Waals surface area (Å²) in [7, 11) is 0. The second-order valence-corrected chi connectivity index (χ2v) is 7.65. The third-order valence-electron chi connectivity index (χ3n) is 4.71. The topological polar surface area (TPSA) is 36.4 Å². The summed E-state index contributed by atoms with van der Waals surface area (Å²) in [6.45, 7) is 4.63. The van der Waals surface area contributed by atoms with Gasteiger partial charge in [0.2, 0.25) is 0 Å². The van der Waals surface area contributed by atoms with Crippen LogP contribution in [0.4, 0.5) is 0 Å². The molecule has 0 spiro atoms. The second kappa shape index (κ2) is 7.91. The Morgan fingerprint density at radius 1 is 0.926 bits per heavy atom. The van der Waals surface area contributed by atoms with Gasteiger partial charge in [-0.2, -0.15) is 0 Å². The number of nitrogens with zero attached hydrogens (tertiary/aromatic N) is 2. The van der Waals surface area contributed by atoms with Crippen LogP contribution in [-0.4, -0.2) is 21.5 Å². The maximum absolute atomic E-state index is 10.4. The Hall–Kier alpha value is -2.69. The van der Waals surface area contributed by atoms with E-state index in [-0.39, 0.29) is 0 Å². The van der Waals surface area contributed by atoms with E-state index in [9.17, 15) is 5.11 Å². The maximum Gasteiger partial charge on any atom is 0.124 e. The Morgan fingerprint density at radius 2 is 1.70 bits per heavy atom. The van der Waals surface area contributed by atoms with Crippen molar-refractivity contribution in [1.82, 2.24) is 9.88 Å². The highest BCUT2D eigenvalue weighted by Crippen LogP contribution is 2.32. The highest BCUT2D eigenvalue weighted by molar-refractivity contribution is 7.21. The van der Waals surface area contributed by atoms with Crippen molar-refractivity contribution >= 4 is 21.6 Å². The number of hydrogen-bond donors (Lipinski definition) is 1. The molecule has 1 heterocycles. The fraction of sp³-hybridized carbons (Fsp3) is 0.174. The van der Waals surface area contributed by atoms with Gasteiger partial charge in [0.1, 0.15) is 10.8 Å². The number of para-hydroxylation sites is 1. The predicted octanol–water partition coefficient (Wildman–Crippen LogP) is 5.69. The lowest BCUT2D eigenvalue weighted by Gasteiger charge is -2.21. The Bertz CT molecular complexity index is 1010. The van der Waals surface area contributed by atoms with Crippen molar-refractivity contribution in [2.75, 3.05) is 6.54 Å². The molecule has 4 rings (SSSR count). The second-order valence-electron chi connectivity index (χ2n) is 6.62. The van der Waals surface area contributed by atoms with Gasteiger partial charge >= 0.3 is 0 Å². The average molecular weight is 375 g/mol. The van der Waals surface area contributed by atoms with Crippen LogP contribution in [0, 0.1) is 0 Å². The number of fused-ring (bicyclic) bond motifs is 1. The van der Waals surface area contributed by atoms with E-state index in [0.717, 1.165) is 34.7 Å². The largest absolute Gasteiger partial charge is 0.508 e. The number of hydrogen-bond acceptors (Lipinski definition) is 4. The Morgan fingerprint density at radius 3 is 2.48 bits per heavy atom. The summed E-state index contributed by atoms with van der Waals surface area (Å²) in [5.41, 5.74) is 4.29. The fourth-order valence-corrected chi connectivity index (χ4v) is 4.16. The highest BCUT2D eigenvalue weighted by Gasteiger charge is 2.12. The van der Waals surface area contributed by atoms with Gasteiger partial charge in [-0.15, -0.1) is 11.3 Å². The zero-order chi connectivity index (χ0) is 18.6. The molecule has 3 nitrogen and oxygen atoms in total.